The summed E-state index contributed by atoms with van der Waals surface area (Å²) in [6.07, 6.45) is 4.33. The summed E-state index contributed by atoms with van der Waals surface area (Å²) in [5, 5.41) is 2.83. The lowest BCUT2D eigenvalue weighted by atomic mass is 9.97. The number of carbonyl (C=O) groups excluding carboxylic acids is 2. The number of hydrogen-bond donors (Lipinski definition) is 1. The van der Waals surface area contributed by atoms with Crippen LogP contribution in [0.25, 0.3) is 0 Å². The van der Waals surface area contributed by atoms with Gasteiger partial charge in [-0.1, -0.05) is 6.07 Å². The number of aromatic nitrogens is 1. The van der Waals surface area contributed by atoms with Gasteiger partial charge in [-0.2, -0.15) is 0 Å². The molecule has 2 heterocycles. The second kappa shape index (κ2) is 6.67. The summed E-state index contributed by atoms with van der Waals surface area (Å²) < 4.78 is 4.93. The van der Waals surface area contributed by atoms with Crippen molar-refractivity contribution < 1.29 is 14.3 Å². The minimum absolute atomic E-state index is 0.00300. The summed E-state index contributed by atoms with van der Waals surface area (Å²) in [5.41, 5.74) is 0.115. The Balaban J connectivity index is 2.09. The number of rotatable bonds is 6. The molecule has 1 N–H and O–H groups in total. The zero-order chi connectivity index (χ0) is 15.3. The van der Waals surface area contributed by atoms with Gasteiger partial charge < -0.3 is 15.0 Å². The Kier molecular flexibility index (Phi) is 4.90. The zero-order valence-electron chi connectivity index (χ0n) is 12.5. The molecule has 1 aliphatic rings. The molecule has 1 aliphatic heterocycles. The number of hydrogen-bond acceptors (Lipinski definition) is 4. The highest BCUT2D eigenvalue weighted by Crippen LogP contribution is 2.31. The number of nitrogens with zero attached hydrogens (tertiary/aromatic N) is 2. The molecule has 0 aliphatic carbocycles. The minimum atomic E-state index is -0.805. The summed E-state index contributed by atoms with van der Waals surface area (Å²) >= 11 is 0. The highest BCUT2D eigenvalue weighted by atomic mass is 16.5. The van der Waals surface area contributed by atoms with Crippen molar-refractivity contribution in [3.63, 3.8) is 0 Å². The van der Waals surface area contributed by atoms with Crippen LogP contribution in [0.5, 0.6) is 0 Å². The topological polar surface area (TPSA) is 71.5 Å². The van der Waals surface area contributed by atoms with Gasteiger partial charge in [0.15, 0.2) is 0 Å². The van der Waals surface area contributed by atoms with Crippen molar-refractivity contribution in [2.75, 3.05) is 20.3 Å². The second-order valence-electron chi connectivity index (χ2n) is 5.36. The molecule has 0 aromatic carbocycles. The SMILES string of the molecule is COCCNC(=O)C1(C)CCC(=O)N1Cc1cccnc1. The monoisotopic (exact) mass is 291 g/mol. The molecule has 1 aromatic heterocycles. The van der Waals surface area contributed by atoms with Crippen LogP contribution in [0.4, 0.5) is 0 Å². The predicted octanol–water partition coefficient (Wildman–Crippen LogP) is 0.725. The van der Waals surface area contributed by atoms with Crippen molar-refractivity contribution in [1.29, 1.82) is 0 Å². The summed E-state index contributed by atoms with van der Waals surface area (Å²) in [6, 6.07) is 3.73. The third-order valence-electron chi connectivity index (χ3n) is 3.87. The van der Waals surface area contributed by atoms with Gasteiger partial charge in [0.2, 0.25) is 11.8 Å². The van der Waals surface area contributed by atoms with E-state index in [0.29, 0.717) is 32.5 Å². The van der Waals surface area contributed by atoms with Crippen LogP contribution in [0.3, 0.4) is 0 Å². The van der Waals surface area contributed by atoms with Crippen LogP contribution < -0.4 is 5.32 Å². The molecule has 1 atom stereocenters. The molecule has 1 unspecified atom stereocenters. The van der Waals surface area contributed by atoms with E-state index in [2.05, 4.69) is 10.3 Å². The van der Waals surface area contributed by atoms with Crippen LogP contribution in [0, 0.1) is 0 Å². The highest BCUT2D eigenvalue weighted by Gasteiger charge is 2.46. The first kappa shape index (κ1) is 15.4. The second-order valence-corrected chi connectivity index (χ2v) is 5.36. The molecular formula is C15H21N3O3. The maximum Gasteiger partial charge on any atom is 0.245 e. The number of ether oxygens (including phenoxy) is 1. The van der Waals surface area contributed by atoms with Gasteiger partial charge >= 0.3 is 0 Å². The van der Waals surface area contributed by atoms with E-state index >= 15 is 0 Å². The first-order valence-corrected chi connectivity index (χ1v) is 7.04. The lowest BCUT2D eigenvalue weighted by Crippen LogP contribution is -2.54. The van der Waals surface area contributed by atoms with Crippen LogP contribution >= 0.6 is 0 Å². The van der Waals surface area contributed by atoms with Crippen LogP contribution in [0.2, 0.25) is 0 Å². The standard InChI is InChI=1S/C15H21N3O3/c1-15(14(20)17-8-9-21-2)6-5-13(19)18(15)11-12-4-3-7-16-10-12/h3-4,7,10H,5-6,8-9,11H2,1-2H3,(H,17,20). The van der Waals surface area contributed by atoms with E-state index in [0.717, 1.165) is 5.56 Å². The fourth-order valence-electron chi connectivity index (χ4n) is 2.53. The van der Waals surface area contributed by atoms with Gasteiger partial charge in [0.05, 0.1) is 6.61 Å². The molecular weight excluding hydrogens is 270 g/mol. The molecule has 0 spiro atoms. The molecule has 0 bridgehead atoms. The fourth-order valence-corrected chi connectivity index (χ4v) is 2.53. The van der Waals surface area contributed by atoms with Crippen molar-refractivity contribution in [3.8, 4) is 0 Å². The van der Waals surface area contributed by atoms with Gasteiger partial charge in [0.25, 0.3) is 0 Å². The van der Waals surface area contributed by atoms with Gasteiger partial charge in [-0.3, -0.25) is 14.6 Å². The highest BCUT2D eigenvalue weighted by molar-refractivity contribution is 5.94. The molecule has 0 saturated carbocycles. The van der Waals surface area contributed by atoms with E-state index < -0.39 is 5.54 Å². The molecule has 6 nitrogen and oxygen atoms in total. The number of pyridine rings is 1. The molecule has 1 fully saturated rings. The quantitative estimate of drug-likeness (QED) is 0.784. The summed E-state index contributed by atoms with van der Waals surface area (Å²) in [5.74, 6) is -0.127. The largest absolute Gasteiger partial charge is 0.383 e. The maximum atomic E-state index is 12.4. The minimum Gasteiger partial charge on any atom is -0.383 e. The van der Waals surface area contributed by atoms with Crippen molar-refractivity contribution in [3.05, 3.63) is 30.1 Å². The van der Waals surface area contributed by atoms with Crippen LogP contribution in [-0.4, -0.2) is 47.5 Å². The van der Waals surface area contributed by atoms with Crippen LogP contribution in [-0.2, 0) is 20.9 Å². The third-order valence-corrected chi connectivity index (χ3v) is 3.87. The average Bonchev–Trinajstić information content (AvgIpc) is 2.78. The Labute approximate surface area is 124 Å². The number of carbonyl (C=O) groups is 2. The first-order valence-electron chi connectivity index (χ1n) is 7.04. The van der Waals surface area contributed by atoms with E-state index in [9.17, 15) is 9.59 Å². The Morgan fingerprint density at radius 2 is 2.38 bits per heavy atom. The summed E-state index contributed by atoms with van der Waals surface area (Å²) in [7, 11) is 1.58. The Bertz CT molecular complexity index is 506. The van der Waals surface area contributed by atoms with E-state index in [1.54, 1.807) is 24.4 Å². The summed E-state index contributed by atoms with van der Waals surface area (Å²) in [4.78, 5) is 30.2. The van der Waals surface area contributed by atoms with E-state index in [1.807, 2.05) is 19.1 Å². The lowest BCUT2D eigenvalue weighted by Gasteiger charge is -2.34. The average molecular weight is 291 g/mol. The maximum absolute atomic E-state index is 12.4. The lowest BCUT2D eigenvalue weighted by molar-refractivity contribution is -0.141. The van der Waals surface area contributed by atoms with Gasteiger partial charge in [-0.15, -0.1) is 0 Å². The van der Waals surface area contributed by atoms with Gasteiger partial charge in [-0.25, -0.2) is 0 Å². The molecule has 1 aromatic rings. The number of methoxy groups -OCH3 is 1. The fraction of sp³-hybridized carbons (Fsp3) is 0.533. The number of nitrogens with one attached hydrogen (secondary N) is 1. The van der Waals surface area contributed by atoms with Crippen molar-refractivity contribution >= 4 is 11.8 Å². The van der Waals surface area contributed by atoms with Gasteiger partial charge in [-0.05, 0) is 25.0 Å². The van der Waals surface area contributed by atoms with E-state index in [4.69, 9.17) is 4.74 Å². The third kappa shape index (κ3) is 3.39. The van der Waals surface area contributed by atoms with E-state index in [-0.39, 0.29) is 11.8 Å². The Hall–Kier alpha value is -1.95. The predicted molar refractivity (Wildman–Crippen MR) is 77.3 cm³/mol. The van der Waals surface area contributed by atoms with Crippen molar-refractivity contribution in [1.82, 2.24) is 15.2 Å². The van der Waals surface area contributed by atoms with Gasteiger partial charge in [0.1, 0.15) is 5.54 Å². The number of amides is 2. The Morgan fingerprint density at radius 1 is 1.57 bits per heavy atom. The molecule has 2 amide bonds. The molecule has 0 radical (unpaired) electrons. The van der Waals surface area contributed by atoms with Crippen LogP contribution in [0.1, 0.15) is 25.3 Å². The van der Waals surface area contributed by atoms with E-state index in [1.165, 1.54) is 0 Å². The van der Waals surface area contributed by atoms with Crippen molar-refractivity contribution in [2.24, 2.45) is 0 Å². The van der Waals surface area contributed by atoms with Crippen LogP contribution in [0.15, 0.2) is 24.5 Å². The smallest absolute Gasteiger partial charge is 0.245 e. The molecule has 6 heteroatoms. The molecule has 21 heavy (non-hydrogen) atoms. The zero-order valence-corrected chi connectivity index (χ0v) is 12.5. The molecule has 1 saturated heterocycles. The molecule has 114 valence electrons. The first-order chi connectivity index (χ1) is 10.1. The summed E-state index contributed by atoms with van der Waals surface area (Å²) in [6.45, 7) is 3.12. The molecule has 2 rings (SSSR count). The van der Waals surface area contributed by atoms with Gasteiger partial charge in [0, 0.05) is 39.0 Å². The van der Waals surface area contributed by atoms with Crippen molar-refractivity contribution in [2.45, 2.75) is 31.8 Å². The normalized spacial score (nSPS) is 21.6. The Morgan fingerprint density at radius 3 is 3.05 bits per heavy atom. The number of likely N-dealkylation sites (tertiary alicyclic amines) is 1.